The van der Waals surface area contributed by atoms with Crippen LogP contribution in [0.15, 0.2) is 66.6 Å². The minimum atomic E-state index is -0.483. The largest absolute Gasteiger partial charge is 0.508 e. The molecule has 1 aliphatic heterocycles. The van der Waals surface area contributed by atoms with Crippen LogP contribution in [0.3, 0.4) is 0 Å². The van der Waals surface area contributed by atoms with Crippen molar-refractivity contribution in [3.8, 4) is 28.4 Å². The van der Waals surface area contributed by atoms with Gasteiger partial charge < -0.3 is 19.5 Å². The number of carbonyl (C=O) groups excluding carboxylic acids is 1. The van der Waals surface area contributed by atoms with E-state index in [-0.39, 0.29) is 34.4 Å². The van der Waals surface area contributed by atoms with E-state index >= 15 is 0 Å². The number of halogens is 1. The predicted molar refractivity (Wildman–Crippen MR) is 111 cm³/mol. The van der Waals surface area contributed by atoms with Gasteiger partial charge in [-0.1, -0.05) is 30.3 Å². The first-order valence-electron chi connectivity index (χ1n) is 9.27. The molecule has 0 saturated carbocycles. The number of rotatable bonds is 2. The number of fused-ring (bicyclic) bond motifs is 2. The summed E-state index contributed by atoms with van der Waals surface area (Å²) in [7, 11) is 1.87. The van der Waals surface area contributed by atoms with E-state index in [0.717, 1.165) is 17.0 Å². The molecule has 1 aromatic heterocycles. The maximum Gasteiger partial charge on any atom is 0.235 e. The predicted octanol–water partition coefficient (Wildman–Crippen LogP) is 5.01. The molecule has 2 heterocycles. The lowest BCUT2D eigenvalue weighted by molar-refractivity contribution is 0.101. The van der Waals surface area contributed by atoms with Crippen LogP contribution < -0.4 is 4.74 Å². The van der Waals surface area contributed by atoms with Gasteiger partial charge in [0, 0.05) is 47.4 Å². The number of Topliss-reactive ketones (excluding diaryl/α,β-unsaturated/α-hetero) is 1. The first-order valence-corrected chi connectivity index (χ1v) is 9.27. The van der Waals surface area contributed by atoms with Crippen LogP contribution in [-0.2, 0) is 7.05 Å². The Morgan fingerprint density at radius 3 is 2.60 bits per heavy atom. The Balaban J connectivity index is 1.71. The summed E-state index contributed by atoms with van der Waals surface area (Å²) >= 11 is 0. The lowest BCUT2D eigenvalue weighted by Crippen LogP contribution is -1.98. The number of carbonyl (C=O) groups is 1. The molecule has 0 fully saturated rings. The number of allylic oxidation sites excluding steroid dienone is 1. The highest BCUT2D eigenvalue weighted by Gasteiger charge is 2.31. The Labute approximate surface area is 170 Å². The number of nitrogens with zero attached hydrogens (tertiary/aromatic N) is 1. The molecule has 0 spiro atoms. The van der Waals surface area contributed by atoms with Gasteiger partial charge in [0.05, 0.1) is 0 Å². The van der Waals surface area contributed by atoms with E-state index in [0.29, 0.717) is 16.7 Å². The quantitative estimate of drug-likeness (QED) is 0.463. The van der Waals surface area contributed by atoms with Crippen molar-refractivity contribution in [2.24, 2.45) is 7.05 Å². The van der Waals surface area contributed by atoms with Crippen LogP contribution in [0.1, 0.15) is 15.9 Å². The molecule has 5 nitrogen and oxygen atoms in total. The number of phenols is 2. The lowest BCUT2D eigenvalue weighted by Gasteiger charge is -2.07. The minimum Gasteiger partial charge on any atom is -0.508 e. The minimum absolute atomic E-state index is 0.00798. The lowest BCUT2D eigenvalue weighted by atomic mass is 9.98. The molecule has 0 bridgehead atoms. The summed E-state index contributed by atoms with van der Waals surface area (Å²) in [6, 6.07) is 14.5. The summed E-state index contributed by atoms with van der Waals surface area (Å²) in [6.07, 6.45) is 3.41. The first kappa shape index (κ1) is 18.0. The van der Waals surface area contributed by atoms with Crippen molar-refractivity contribution in [2.45, 2.75) is 0 Å². The summed E-state index contributed by atoms with van der Waals surface area (Å²) in [4.78, 5) is 12.8. The van der Waals surface area contributed by atoms with Gasteiger partial charge in [-0.3, -0.25) is 4.79 Å². The van der Waals surface area contributed by atoms with E-state index in [2.05, 4.69) is 0 Å². The zero-order valence-electron chi connectivity index (χ0n) is 15.9. The zero-order valence-corrected chi connectivity index (χ0v) is 15.9. The maximum absolute atomic E-state index is 14.5. The van der Waals surface area contributed by atoms with Crippen LogP contribution in [0.5, 0.6) is 17.2 Å². The molecule has 3 aromatic carbocycles. The van der Waals surface area contributed by atoms with Gasteiger partial charge in [0.1, 0.15) is 28.6 Å². The second-order valence-electron chi connectivity index (χ2n) is 7.15. The normalized spacial score (nSPS) is 14.3. The van der Waals surface area contributed by atoms with E-state index in [4.69, 9.17) is 4.74 Å². The van der Waals surface area contributed by atoms with Gasteiger partial charge in [0.15, 0.2) is 5.76 Å². The third-order valence-corrected chi connectivity index (χ3v) is 5.23. The molecule has 148 valence electrons. The topological polar surface area (TPSA) is 71.7 Å². The number of aromatic hydroxyl groups is 2. The fraction of sp³-hybridized carbons (Fsp3) is 0.0417. The van der Waals surface area contributed by atoms with Crippen molar-refractivity contribution in [3.63, 3.8) is 0 Å². The standard InChI is InChI=1S/C24H16FNO4/c1-26-12-13(9-21-24(29)23-19(28)10-14(27)11-20(23)30-21)22-16(6-4-8-18(22)26)15-5-2-3-7-17(15)25/h2-12,27-28H,1H3/b21-9-. The number of hydrogen-bond acceptors (Lipinski definition) is 4. The van der Waals surface area contributed by atoms with Crippen LogP contribution in [0, 0.1) is 5.82 Å². The van der Waals surface area contributed by atoms with Crippen molar-refractivity contribution < 1.29 is 24.1 Å². The molecule has 5 rings (SSSR count). The van der Waals surface area contributed by atoms with Crippen molar-refractivity contribution in [1.82, 2.24) is 4.57 Å². The summed E-state index contributed by atoms with van der Waals surface area (Å²) in [5.41, 5.74) is 2.70. The van der Waals surface area contributed by atoms with Gasteiger partial charge >= 0.3 is 0 Å². The molecular formula is C24H16FNO4. The smallest absolute Gasteiger partial charge is 0.235 e. The Hall–Kier alpha value is -4.06. The van der Waals surface area contributed by atoms with E-state index in [1.165, 1.54) is 12.1 Å². The van der Waals surface area contributed by atoms with E-state index < -0.39 is 5.78 Å². The molecule has 2 N–H and O–H groups in total. The maximum atomic E-state index is 14.5. The molecule has 1 aliphatic rings. The molecule has 0 saturated heterocycles. The van der Waals surface area contributed by atoms with Gasteiger partial charge in [-0.2, -0.15) is 0 Å². The number of ketones is 1. The van der Waals surface area contributed by atoms with Gasteiger partial charge in [0.25, 0.3) is 0 Å². The Morgan fingerprint density at radius 2 is 1.80 bits per heavy atom. The van der Waals surface area contributed by atoms with Crippen LogP contribution in [-0.4, -0.2) is 20.6 Å². The number of benzene rings is 3. The summed E-state index contributed by atoms with van der Waals surface area (Å²) in [6.45, 7) is 0. The summed E-state index contributed by atoms with van der Waals surface area (Å²) < 4.78 is 22.0. The Morgan fingerprint density at radius 1 is 1.03 bits per heavy atom. The number of hydrogen-bond donors (Lipinski definition) is 2. The third kappa shape index (κ3) is 2.65. The summed E-state index contributed by atoms with van der Waals surface area (Å²) in [5, 5.41) is 20.5. The number of phenolic OH excluding ortho intramolecular Hbond substituents is 2. The molecule has 0 amide bonds. The fourth-order valence-electron chi connectivity index (χ4n) is 3.91. The van der Waals surface area contributed by atoms with Crippen molar-refractivity contribution in [2.75, 3.05) is 0 Å². The Bertz CT molecular complexity index is 1380. The van der Waals surface area contributed by atoms with E-state index in [1.807, 2.05) is 36.0 Å². The van der Waals surface area contributed by atoms with Crippen LogP contribution in [0.25, 0.3) is 28.1 Å². The SMILES string of the molecule is Cn1cc(/C=C2\Oc3cc(O)cc(O)c3C2=O)c2c(-c3ccccc3F)cccc21. The Kier molecular flexibility index (Phi) is 3.89. The molecule has 0 unspecified atom stereocenters. The average molecular weight is 401 g/mol. The second-order valence-corrected chi connectivity index (χ2v) is 7.15. The highest BCUT2D eigenvalue weighted by atomic mass is 19.1. The first-order chi connectivity index (χ1) is 14.4. The third-order valence-electron chi connectivity index (χ3n) is 5.23. The van der Waals surface area contributed by atoms with Gasteiger partial charge in [0.2, 0.25) is 5.78 Å². The summed E-state index contributed by atoms with van der Waals surface area (Å²) in [5.74, 6) is -1.26. The molecular weight excluding hydrogens is 385 g/mol. The van der Waals surface area contributed by atoms with Crippen molar-refractivity contribution in [1.29, 1.82) is 0 Å². The second kappa shape index (κ2) is 6.49. The highest BCUT2D eigenvalue weighted by Crippen LogP contribution is 2.41. The molecule has 0 radical (unpaired) electrons. The van der Waals surface area contributed by atoms with Gasteiger partial charge in [-0.05, 0) is 23.8 Å². The molecule has 30 heavy (non-hydrogen) atoms. The average Bonchev–Trinajstić information content (AvgIpc) is 3.19. The molecule has 6 heteroatoms. The van der Waals surface area contributed by atoms with E-state index in [1.54, 1.807) is 24.3 Å². The van der Waals surface area contributed by atoms with Crippen molar-refractivity contribution >= 4 is 22.8 Å². The van der Waals surface area contributed by atoms with Crippen molar-refractivity contribution in [3.05, 3.63) is 83.5 Å². The highest BCUT2D eigenvalue weighted by molar-refractivity contribution is 6.17. The number of aryl methyl sites for hydroxylation is 1. The van der Waals surface area contributed by atoms with Gasteiger partial charge in [-0.25, -0.2) is 4.39 Å². The monoisotopic (exact) mass is 401 g/mol. The van der Waals surface area contributed by atoms with E-state index in [9.17, 15) is 19.4 Å². The zero-order chi connectivity index (χ0) is 21.0. The fourth-order valence-corrected chi connectivity index (χ4v) is 3.91. The van der Waals surface area contributed by atoms with Gasteiger partial charge in [-0.15, -0.1) is 0 Å². The number of ether oxygens (including phenoxy) is 1. The van der Waals surface area contributed by atoms with Crippen LogP contribution >= 0.6 is 0 Å². The van der Waals surface area contributed by atoms with Crippen LogP contribution in [0.2, 0.25) is 0 Å². The van der Waals surface area contributed by atoms with Crippen LogP contribution in [0.4, 0.5) is 4.39 Å². The molecule has 0 atom stereocenters. The molecule has 4 aromatic rings. The number of aromatic nitrogens is 1. The molecule has 0 aliphatic carbocycles.